The van der Waals surface area contributed by atoms with Crippen LogP contribution in [0.4, 0.5) is 5.69 Å². The molecule has 0 radical (unpaired) electrons. The van der Waals surface area contributed by atoms with Crippen molar-refractivity contribution in [2.45, 2.75) is 58.5 Å². The van der Waals surface area contributed by atoms with Crippen LogP contribution in [0, 0.1) is 13.8 Å². The molecule has 1 aliphatic carbocycles. The molecular weight excluding hydrogens is 346 g/mol. The van der Waals surface area contributed by atoms with Crippen molar-refractivity contribution in [1.82, 2.24) is 10.2 Å². The molecular formula is C20H29N3O4. The highest BCUT2D eigenvalue weighted by Gasteiger charge is 2.32. The fourth-order valence-corrected chi connectivity index (χ4v) is 2.92. The van der Waals surface area contributed by atoms with Crippen LogP contribution in [0.15, 0.2) is 18.2 Å². The predicted octanol–water partition coefficient (Wildman–Crippen LogP) is 2.08. The number of carboxylic acid groups (broad SMARTS) is 1. The maximum atomic E-state index is 12.5. The van der Waals surface area contributed by atoms with Crippen LogP contribution in [-0.4, -0.2) is 52.5 Å². The summed E-state index contributed by atoms with van der Waals surface area (Å²) in [6.07, 6.45) is 2.18. The van der Waals surface area contributed by atoms with Gasteiger partial charge in [-0.25, -0.2) is 4.79 Å². The first-order valence-corrected chi connectivity index (χ1v) is 9.24. The Hall–Kier alpha value is -2.41. The number of anilines is 1. The maximum Gasteiger partial charge on any atom is 0.328 e. The number of carbonyl (C=O) groups excluding carboxylic acids is 2. The summed E-state index contributed by atoms with van der Waals surface area (Å²) in [5, 5.41) is 14.6. The van der Waals surface area contributed by atoms with E-state index < -0.39 is 11.5 Å². The molecule has 1 aliphatic rings. The number of hydrogen-bond donors (Lipinski definition) is 3. The second-order valence-corrected chi connectivity index (χ2v) is 7.74. The van der Waals surface area contributed by atoms with Gasteiger partial charge in [0.05, 0.1) is 6.54 Å². The molecule has 0 aliphatic heterocycles. The molecule has 0 spiro atoms. The Morgan fingerprint density at radius 2 is 1.74 bits per heavy atom. The van der Waals surface area contributed by atoms with Crippen molar-refractivity contribution in [2.24, 2.45) is 0 Å². The van der Waals surface area contributed by atoms with Crippen LogP contribution < -0.4 is 10.6 Å². The Kier molecular flexibility index (Phi) is 6.59. The molecule has 1 saturated carbocycles. The summed E-state index contributed by atoms with van der Waals surface area (Å²) < 4.78 is 0. The molecule has 3 N–H and O–H groups in total. The minimum absolute atomic E-state index is 0.106. The Bertz CT molecular complexity index is 706. The molecule has 0 saturated heterocycles. The van der Waals surface area contributed by atoms with Crippen LogP contribution in [0.2, 0.25) is 0 Å². The van der Waals surface area contributed by atoms with Gasteiger partial charge in [0.1, 0.15) is 5.54 Å². The van der Waals surface area contributed by atoms with E-state index in [2.05, 4.69) is 10.6 Å². The van der Waals surface area contributed by atoms with Crippen LogP contribution in [0.3, 0.4) is 0 Å². The molecule has 2 rings (SSSR count). The van der Waals surface area contributed by atoms with E-state index in [0.29, 0.717) is 12.6 Å². The lowest BCUT2D eigenvalue weighted by molar-refractivity contribution is -0.146. The zero-order chi connectivity index (χ0) is 20.2. The summed E-state index contributed by atoms with van der Waals surface area (Å²) in [6, 6.07) is 6.17. The molecule has 0 bridgehead atoms. The van der Waals surface area contributed by atoms with Gasteiger partial charge < -0.3 is 15.7 Å². The predicted molar refractivity (Wildman–Crippen MR) is 104 cm³/mol. The molecule has 1 aromatic carbocycles. The van der Waals surface area contributed by atoms with Gasteiger partial charge in [-0.3, -0.25) is 14.5 Å². The van der Waals surface area contributed by atoms with Gasteiger partial charge in [-0.1, -0.05) is 18.2 Å². The van der Waals surface area contributed by atoms with Crippen molar-refractivity contribution < 1.29 is 19.5 Å². The third-order valence-corrected chi connectivity index (χ3v) is 4.77. The molecule has 0 heterocycles. The quantitative estimate of drug-likeness (QED) is 0.614. The highest BCUT2D eigenvalue weighted by atomic mass is 16.4. The zero-order valence-electron chi connectivity index (χ0n) is 16.5. The molecule has 7 heteroatoms. The standard InChI is InChI=1S/C20H29N3O4/c1-13-6-5-7-14(2)18(13)21-17(25)12-23(15-8-9-15)11-10-16(24)22-20(3,4)19(26)27/h5-7,15H,8-12H2,1-4H3,(H,21,25)(H,22,24)(H,26,27). The Morgan fingerprint density at radius 3 is 2.26 bits per heavy atom. The summed E-state index contributed by atoms with van der Waals surface area (Å²) >= 11 is 0. The third kappa shape index (κ3) is 6.06. The molecule has 148 valence electrons. The molecule has 1 aromatic rings. The second-order valence-electron chi connectivity index (χ2n) is 7.74. The first-order chi connectivity index (χ1) is 12.6. The van der Waals surface area contributed by atoms with E-state index in [-0.39, 0.29) is 24.8 Å². The SMILES string of the molecule is Cc1cccc(C)c1NC(=O)CN(CCC(=O)NC(C)(C)C(=O)O)C1CC1. The number of amides is 2. The highest BCUT2D eigenvalue weighted by molar-refractivity contribution is 5.94. The Balaban J connectivity index is 1.89. The van der Waals surface area contributed by atoms with Gasteiger partial charge in [-0.05, 0) is 51.7 Å². The molecule has 2 amide bonds. The van der Waals surface area contributed by atoms with Gasteiger partial charge in [0.15, 0.2) is 0 Å². The van der Waals surface area contributed by atoms with Crippen molar-refractivity contribution in [1.29, 1.82) is 0 Å². The van der Waals surface area contributed by atoms with E-state index in [9.17, 15) is 14.4 Å². The van der Waals surface area contributed by atoms with Crippen molar-refractivity contribution in [3.8, 4) is 0 Å². The minimum Gasteiger partial charge on any atom is -0.480 e. The lowest BCUT2D eigenvalue weighted by Gasteiger charge is -2.24. The van der Waals surface area contributed by atoms with E-state index in [4.69, 9.17) is 5.11 Å². The van der Waals surface area contributed by atoms with Crippen LogP contribution in [0.25, 0.3) is 0 Å². The maximum absolute atomic E-state index is 12.5. The van der Waals surface area contributed by atoms with Gasteiger partial charge in [0.2, 0.25) is 11.8 Å². The molecule has 0 unspecified atom stereocenters. The van der Waals surface area contributed by atoms with Crippen LogP contribution in [0.5, 0.6) is 0 Å². The van der Waals surface area contributed by atoms with Gasteiger partial charge in [-0.2, -0.15) is 0 Å². The van der Waals surface area contributed by atoms with Crippen LogP contribution in [0.1, 0.15) is 44.2 Å². The van der Waals surface area contributed by atoms with Crippen molar-refractivity contribution in [3.63, 3.8) is 0 Å². The van der Waals surface area contributed by atoms with E-state index in [1.54, 1.807) is 0 Å². The Labute approximate surface area is 160 Å². The summed E-state index contributed by atoms with van der Waals surface area (Å²) in [5.41, 5.74) is 1.55. The number of aliphatic carboxylic acids is 1. The van der Waals surface area contributed by atoms with Crippen molar-refractivity contribution in [2.75, 3.05) is 18.4 Å². The van der Waals surface area contributed by atoms with Crippen LogP contribution in [-0.2, 0) is 14.4 Å². The zero-order valence-corrected chi connectivity index (χ0v) is 16.5. The first-order valence-electron chi connectivity index (χ1n) is 9.24. The number of aryl methyl sites for hydroxylation is 2. The minimum atomic E-state index is -1.30. The number of nitrogens with zero attached hydrogens (tertiary/aromatic N) is 1. The molecule has 1 fully saturated rings. The second kappa shape index (κ2) is 8.52. The fraction of sp³-hybridized carbons (Fsp3) is 0.550. The highest BCUT2D eigenvalue weighted by Crippen LogP contribution is 2.27. The van der Waals surface area contributed by atoms with Gasteiger partial charge in [0.25, 0.3) is 0 Å². The Morgan fingerprint density at radius 1 is 1.15 bits per heavy atom. The van der Waals surface area contributed by atoms with Gasteiger partial charge >= 0.3 is 5.97 Å². The number of carboxylic acids is 1. The van der Waals surface area contributed by atoms with E-state index in [1.807, 2.05) is 36.9 Å². The smallest absolute Gasteiger partial charge is 0.328 e. The van der Waals surface area contributed by atoms with E-state index >= 15 is 0 Å². The molecule has 0 atom stereocenters. The number of para-hydroxylation sites is 1. The van der Waals surface area contributed by atoms with Crippen molar-refractivity contribution in [3.05, 3.63) is 29.3 Å². The van der Waals surface area contributed by atoms with E-state index in [1.165, 1.54) is 13.8 Å². The lowest BCUT2D eigenvalue weighted by Crippen LogP contribution is -2.50. The summed E-state index contributed by atoms with van der Waals surface area (Å²) in [5.74, 6) is -1.52. The fourth-order valence-electron chi connectivity index (χ4n) is 2.92. The van der Waals surface area contributed by atoms with Crippen molar-refractivity contribution >= 4 is 23.5 Å². The number of nitrogens with one attached hydrogen (secondary N) is 2. The third-order valence-electron chi connectivity index (χ3n) is 4.77. The summed E-state index contributed by atoms with van der Waals surface area (Å²) in [4.78, 5) is 37.7. The molecule has 27 heavy (non-hydrogen) atoms. The molecule has 0 aromatic heterocycles. The normalized spacial score (nSPS) is 14.1. The summed E-state index contributed by atoms with van der Waals surface area (Å²) in [7, 11) is 0. The van der Waals surface area contributed by atoms with Gasteiger partial charge in [0, 0.05) is 24.7 Å². The number of rotatable bonds is 9. The monoisotopic (exact) mass is 375 g/mol. The average molecular weight is 375 g/mol. The number of benzene rings is 1. The number of hydrogen-bond acceptors (Lipinski definition) is 4. The summed E-state index contributed by atoms with van der Waals surface area (Å²) in [6.45, 7) is 7.44. The average Bonchev–Trinajstić information content (AvgIpc) is 3.39. The topological polar surface area (TPSA) is 98.7 Å². The largest absolute Gasteiger partial charge is 0.480 e. The number of carbonyl (C=O) groups is 3. The molecule has 7 nitrogen and oxygen atoms in total. The van der Waals surface area contributed by atoms with Crippen LogP contribution >= 0.6 is 0 Å². The lowest BCUT2D eigenvalue weighted by atomic mass is 10.1. The van der Waals surface area contributed by atoms with Gasteiger partial charge in [-0.15, -0.1) is 0 Å². The van der Waals surface area contributed by atoms with E-state index in [0.717, 1.165) is 29.7 Å². The first kappa shape index (κ1) is 20.9.